The van der Waals surface area contributed by atoms with Gasteiger partial charge in [-0.1, -0.05) is 23.7 Å². The van der Waals surface area contributed by atoms with E-state index in [9.17, 15) is 14.7 Å². The molecule has 1 N–H and O–H groups in total. The van der Waals surface area contributed by atoms with Crippen molar-refractivity contribution in [2.75, 3.05) is 45.9 Å². The Morgan fingerprint density at radius 1 is 1.15 bits per heavy atom. The highest BCUT2D eigenvalue weighted by molar-refractivity contribution is 6.47. The summed E-state index contributed by atoms with van der Waals surface area (Å²) >= 11 is 6.36. The Labute approximate surface area is 199 Å². The molecular formula is C25H29ClN2O5. The van der Waals surface area contributed by atoms with Gasteiger partial charge in [-0.25, -0.2) is 0 Å². The molecule has 176 valence electrons. The van der Waals surface area contributed by atoms with Gasteiger partial charge in [-0.3, -0.25) is 9.59 Å². The normalized spacial score (nSPS) is 17.5. The number of ketones is 1. The number of likely N-dealkylation sites (tertiary alicyclic amines) is 1. The molecule has 8 heteroatoms. The molecule has 3 rings (SSSR count). The minimum Gasteiger partial charge on any atom is -0.507 e. The number of methoxy groups -OCH3 is 1. The van der Waals surface area contributed by atoms with Crippen LogP contribution in [0, 0.1) is 0 Å². The number of hydrogen-bond donors (Lipinski definition) is 1. The number of carbonyl (C=O) groups is 2. The van der Waals surface area contributed by atoms with E-state index in [-0.39, 0.29) is 21.9 Å². The van der Waals surface area contributed by atoms with Gasteiger partial charge in [0, 0.05) is 45.6 Å². The first-order chi connectivity index (χ1) is 15.8. The molecule has 1 fully saturated rings. The van der Waals surface area contributed by atoms with Gasteiger partial charge in [0.25, 0.3) is 11.7 Å². The minimum absolute atomic E-state index is 0.00516. The first-order valence-corrected chi connectivity index (χ1v) is 11.1. The number of amides is 1. The van der Waals surface area contributed by atoms with Crippen molar-refractivity contribution >= 4 is 34.7 Å². The van der Waals surface area contributed by atoms with Crippen LogP contribution in [0.15, 0.2) is 48.0 Å². The van der Waals surface area contributed by atoms with Gasteiger partial charge in [-0.15, -0.1) is 0 Å². The number of Topliss-reactive ketones (excluding diaryl/α,β-unsaturated/α-hetero) is 1. The first-order valence-electron chi connectivity index (χ1n) is 10.8. The molecule has 1 saturated heterocycles. The van der Waals surface area contributed by atoms with E-state index in [2.05, 4.69) is 0 Å². The molecule has 1 heterocycles. The topological polar surface area (TPSA) is 79.3 Å². The molecule has 2 aromatic rings. The lowest BCUT2D eigenvalue weighted by atomic mass is 9.95. The quantitative estimate of drug-likeness (QED) is 0.254. The van der Waals surface area contributed by atoms with Crippen molar-refractivity contribution in [1.82, 2.24) is 4.90 Å². The van der Waals surface area contributed by atoms with Crippen LogP contribution in [0.25, 0.3) is 5.76 Å². The number of halogens is 1. The molecule has 0 aromatic heterocycles. The number of aliphatic hydroxyl groups is 1. The van der Waals surface area contributed by atoms with Gasteiger partial charge < -0.3 is 24.4 Å². The van der Waals surface area contributed by atoms with E-state index >= 15 is 0 Å². The molecule has 1 aliphatic rings. The fourth-order valence-corrected chi connectivity index (χ4v) is 4.09. The number of ether oxygens (including phenoxy) is 2. The molecule has 33 heavy (non-hydrogen) atoms. The Kier molecular flexibility index (Phi) is 8.00. The van der Waals surface area contributed by atoms with Crippen LogP contribution in [0.3, 0.4) is 0 Å². The maximum Gasteiger partial charge on any atom is 0.295 e. The van der Waals surface area contributed by atoms with Crippen LogP contribution in [-0.2, 0) is 14.3 Å². The monoisotopic (exact) mass is 472 g/mol. The summed E-state index contributed by atoms with van der Waals surface area (Å²) < 4.78 is 10.6. The van der Waals surface area contributed by atoms with Crippen LogP contribution in [0.5, 0.6) is 5.75 Å². The predicted molar refractivity (Wildman–Crippen MR) is 129 cm³/mol. The Morgan fingerprint density at radius 3 is 2.45 bits per heavy atom. The zero-order chi connectivity index (χ0) is 24.1. The standard InChI is InChI=1S/C25H29ClN2O5/c1-5-33-18-11-12-20(26)19(15-18)23(29)21-22(16-7-9-17(10-8-16)27(2)3)28(13-6-14-32-4)25(31)24(21)30/h7-12,15,22,29H,5-6,13-14H2,1-4H3/b23-21+. The van der Waals surface area contributed by atoms with Crippen LogP contribution in [0.4, 0.5) is 5.69 Å². The maximum atomic E-state index is 13.1. The molecule has 0 saturated carbocycles. The van der Waals surface area contributed by atoms with Gasteiger partial charge in [-0.2, -0.15) is 0 Å². The summed E-state index contributed by atoms with van der Waals surface area (Å²) in [7, 11) is 5.44. The predicted octanol–water partition coefficient (Wildman–Crippen LogP) is 4.26. The van der Waals surface area contributed by atoms with Crippen LogP contribution in [0.1, 0.15) is 30.5 Å². The van der Waals surface area contributed by atoms with Crippen LogP contribution >= 0.6 is 11.6 Å². The van der Waals surface area contributed by atoms with Crippen molar-refractivity contribution in [2.45, 2.75) is 19.4 Å². The van der Waals surface area contributed by atoms with Crippen molar-refractivity contribution in [2.24, 2.45) is 0 Å². The molecule has 0 aliphatic carbocycles. The second-order valence-corrected chi connectivity index (χ2v) is 8.31. The summed E-state index contributed by atoms with van der Waals surface area (Å²) in [5, 5.41) is 11.5. The van der Waals surface area contributed by atoms with Crippen molar-refractivity contribution < 1.29 is 24.2 Å². The van der Waals surface area contributed by atoms with Crippen LogP contribution in [0.2, 0.25) is 5.02 Å². The smallest absolute Gasteiger partial charge is 0.295 e. The highest BCUT2D eigenvalue weighted by Crippen LogP contribution is 2.41. The lowest BCUT2D eigenvalue weighted by Crippen LogP contribution is -2.31. The van der Waals surface area contributed by atoms with Crippen molar-refractivity contribution in [3.8, 4) is 5.75 Å². The van der Waals surface area contributed by atoms with E-state index in [4.69, 9.17) is 21.1 Å². The second-order valence-electron chi connectivity index (χ2n) is 7.90. The van der Waals surface area contributed by atoms with Gasteiger partial charge in [0.2, 0.25) is 0 Å². The number of hydrogen-bond acceptors (Lipinski definition) is 6. The number of nitrogens with zero attached hydrogens (tertiary/aromatic N) is 2. The SMILES string of the molecule is CCOc1ccc(Cl)c(/C(O)=C2\C(=O)C(=O)N(CCCOC)C2c2ccc(N(C)C)cc2)c1. The van der Waals surface area contributed by atoms with Gasteiger partial charge in [0.1, 0.15) is 11.5 Å². The van der Waals surface area contributed by atoms with Crippen molar-refractivity contribution in [3.63, 3.8) is 0 Å². The highest BCUT2D eigenvalue weighted by Gasteiger charge is 2.46. The summed E-state index contributed by atoms with van der Waals surface area (Å²) in [4.78, 5) is 29.5. The molecule has 1 atom stereocenters. The average molecular weight is 473 g/mol. The van der Waals surface area contributed by atoms with Crippen molar-refractivity contribution in [3.05, 3.63) is 64.2 Å². The third-order valence-electron chi connectivity index (χ3n) is 5.52. The molecule has 2 aromatic carbocycles. The summed E-state index contributed by atoms with van der Waals surface area (Å²) in [6.07, 6.45) is 0.552. The maximum absolute atomic E-state index is 13.1. The molecule has 7 nitrogen and oxygen atoms in total. The van der Waals surface area contributed by atoms with Crippen LogP contribution < -0.4 is 9.64 Å². The third-order valence-corrected chi connectivity index (χ3v) is 5.85. The van der Waals surface area contributed by atoms with E-state index in [1.165, 1.54) is 4.90 Å². The molecular weight excluding hydrogens is 444 g/mol. The van der Waals surface area contributed by atoms with Crippen LogP contribution in [-0.4, -0.2) is 62.7 Å². The Balaban J connectivity index is 2.15. The summed E-state index contributed by atoms with van der Waals surface area (Å²) in [5.41, 5.74) is 1.94. The Morgan fingerprint density at radius 2 is 1.85 bits per heavy atom. The summed E-state index contributed by atoms with van der Waals surface area (Å²) in [5.74, 6) is -1.23. The fourth-order valence-electron chi connectivity index (χ4n) is 3.88. The van der Waals surface area contributed by atoms with Gasteiger partial charge in [0.15, 0.2) is 0 Å². The molecule has 0 bridgehead atoms. The lowest BCUT2D eigenvalue weighted by molar-refractivity contribution is -0.140. The third kappa shape index (κ3) is 5.15. The van der Waals surface area contributed by atoms with Gasteiger partial charge in [0.05, 0.1) is 23.2 Å². The number of anilines is 1. The first kappa shape index (κ1) is 24.6. The van der Waals surface area contributed by atoms with E-state index < -0.39 is 17.7 Å². The minimum atomic E-state index is -0.746. The Bertz CT molecular complexity index is 1050. The van der Waals surface area contributed by atoms with Gasteiger partial charge >= 0.3 is 0 Å². The molecule has 1 aliphatic heterocycles. The van der Waals surface area contributed by atoms with Crippen molar-refractivity contribution in [1.29, 1.82) is 0 Å². The Hall–Kier alpha value is -3.03. The van der Waals surface area contributed by atoms with E-state index in [0.717, 1.165) is 11.3 Å². The zero-order valence-electron chi connectivity index (χ0n) is 19.3. The number of aliphatic hydroxyl groups excluding tert-OH is 1. The molecule has 1 amide bonds. The lowest BCUT2D eigenvalue weighted by Gasteiger charge is -2.26. The zero-order valence-corrected chi connectivity index (χ0v) is 20.1. The molecule has 0 radical (unpaired) electrons. The number of rotatable bonds is 9. The van der Waals surface area contributed by atoms with E-state index in [1.54, 1.807) is 25.3 Å². The van der Waals surface area contributed by atoms with Gasteiger partial charge in [-0.05, 0) is 49.2 Å². The molecule has 1 unspecified atom stereocenters. The fraction of sp³-hybridized carbons (Fsp3) is 0.360. The molecule has 0 spiro atoms. The second kappa shape index (κ2) is 10.7. The number of carbonyl (C=O) groups excluding carboxylic acids is 2. The average Bonchev–Trinajstić information content (AvgIpc) is 3.05. The number of benzene rings is 2. The van der Waals surface area contributed by atoms with E-state index in [1.807, 2.05) is 50.2 Å². The highest BCUT2D eigenvalue weighted by atomic mass is 35.5. The summed E-state index contributed by atoms with van der Waals surface area (Å²) in [6, 6.07) is 11.7. The largest absolute Gasteiger partial charge is 0.507 e. The summed E-state index contributed by atoms with van der Waals surface area (Å²) in [6.45, 7) is 3.03. The van der Waals surface area contributed by atoms with E-state index in [0.29, 0.717) is 31.9 Å².